The van der Waals surface area contributed by atoms with Gasteiger partial charge in [-0.2, -0.15) is 0 Å². The van der Waals surface area contributed by atoms with Gasteiger partial charge in [0.25, 0.3) is 5.91 Å². The molecule has 8 nitrogen and oxygen atoms in total. The van der Waals surface area contributed by atoms with E-state index in [2.05, 4.69) is 22.4 Å². The van der Waals surface area contributed by atoms with E-state index in [1.165, 1.54) is 6.08 Å². The third-order valence-electron chi connectivity index (χ3n) is 6.38. The van der Waals surface area contributed by atoms with Gasteiger partial charge in [-0.25, -0.2) is 4.79 Å². The highest BCUT2D eigenvalue weighted by atomic mass is 35.5. The van der Waals surface area contributed by atoms with Gasteiger partial charge in [0.15, 0.2) is 5.76 Å². The number of ether oxygens (including phenoxy) is 2. The number of hydrogen-bond acceptors (Lipinski definition) is 7. The zero-order chi connectivity index (χ0) is 30.2. The van der Waals surface area contributed by atoms with E-state index in [1.54, 1.807) is 26.1 Å². The fourth-order valence-corrected chi connectivity index (χ4v) is 3.92. The summed E-state index contributed by atoms with van der Waals surface area (Å²) >= 11 is 5.91. The Kier molecular flexibility index (Phi) is 15.9. The van der Waals surface area contributed by atoms with Crippen LogP contribution in [0.2, 0.25) is 0 Å². The minimum Gasteiger partial charge on any atom is -0.502 e. The fraction of sp³-hybridized carbons (Fsp3) is 0.516. The molecule has 1 aliphatic heterocycles. The summed E-state index contributed by atoms with van der Waals surface area (Å²) in [5, 5.41) is 25.9. The van der Waals surface area contributed by atoms with Crippen LogP contribution in [-0.4, -0.2) is 40.9 Å². The van der Waals surface area contributed by atoms with Crippen LogP contribution < -0.4 is 10.6 Å². The molecule has 4 atom stereocenters. The van der Waals surface area contributed by atoms with E-state index in [9.17, 15) is 19.8 Å². The van der Waals surface area contributed by atoms with Crippen molar-refractivity contribution in [3.8, 4) is 0 Å². The SMILES string of the molecule is CCO[C@H](C/C=C\NC(=O)C(NC(O)=C=CCC(C)/C(C)=C/[C@H](C)[C@@H]1CC=C(O)C(=O)O1)=C(C)C)C/C=C(\C)Cl. The normalized spacial score (nSPS) is 18.1. The van der Waals surface area contributed by atoms with Gasteiger partial charge in [-0.15, -0.1) is 0 Å². The Labute approximate surface area is 243 Å². The number of cyclic esters (lactones) is 1. The Balaban J connectivity index is 2.70. The molecule has 0 radical (unpaired) electrons. The molecule has 0 aliphatic carbocycles. The highest BCUT2D eigenvalue weighted by molar-refractivity contribution is 6.29. The fourth-order valence-electron chi connectivity index (χ4n) is 3.84. The van der Waals surface area contributed by atoms with Gasteiger partial charge in [-0.1, -0.05) is 55.0 Å². The van der Waals surface area contributed by atoms with Crippen LogP contribution in [0, 0.1) is 11.8 Å². The molecule has 1 unspecified atom stereocenters. The van der Waals surface area contributed by atoms with E-state index in [4.69, 9.17) is 21.1 Å². The lowest BCUT2D eigenvalue weighted by atomic mass is 9.92. The number of halogens is 1. The zero-order valence-electron chi connectivity index (χ0n) is 24.7. The van der Waals surface area contributed by atoms with Gasteiger partial charge in [-0.05, 0) is 77.5 Å². The molecule has 0 spiro atoms. The van der Waals surface area contributed by atoms with Gasteiger partial charge in [0, 0.05) is 30.2 Å². The van der Waals surface area contributed by atoms with Crippen molar-refractivity contribution in [3.63, 3.8) is 0 Å². The van der Waals surface area contributed by atoms with Gasteiger partial charge in [-0.3, -0.25) is 4.79 Å². The lowest BCUT2D eigenvalue weighted by molar-refractivity contribution is -0.150. The minimum absolute atomic E-state index is 0.0186. The number of hydrogen-bond donors (Lipinski definition) is 4. The van der Waals surface area contributed by atoms with Crippen molar-refractivity contribution in [2.24, 2.45) is 11.8 Å². The Bertz CT molecular complexity index is 1090. The Morgan fingerprint density at radius 3 is 2.55 bits per heavy atom. The molecule has 4 N–H and O–H groups in total. The van der Waals surface area contributed by atoms with Crippen LogP contribution in [0.15, 0.2) is 75.8 Å². The number of aliphatic hydroxyl groups is 2. The van der Waals surface area contributed by atoms with Gasteiger partial charge in [0.05, 0.1) is 6.10 Å². The van der Waals surface area contributed by atoms with E-state index in [0.29, 0.717) is 42.9 Å². The highest BCUT2D eigenvalue weighted by Crippen LogP contribution is 2.24. The van der Waals surface area contributed by atoms with E-state index in [0.717, 1.165) is 5.57 Å². The Morgan fingerprint density at radius 1 is 1.25 bits per heavy atom. The number of nitrogens with one attached hydrogen (secondary N) is 2. The second-order valence-electron chi connectivity index (χ2n) is 10.1. The standard InChI is InChI=1S/C31H45ClN2O6/c1-8-39-25(15-14-24(7)32)12-10-18-33-30(37)29(20(2)3)34-28(36)13-9-11-21(4)22(5)19-23(6)27-17-16-26(35)31(38)40-27/h9-10,14,16,18-19,21,23,25,27,34-36H,8,11-12,15,17H2,1-7H3,(H,33,37)/b18-10-,22-19+,24-14+/t13?,21?,23-,25+,27-/m0/s1. The van der Waals surface area contributed by atoms with Gasteiger partial charge in [0.2, 0.25) is 5.88 Å². The predicted molar refractivity (Wildman–Crippen MR) is 159 cm³/mol. The molecule has 0 aromatic carbocycles. The van der Waals surface area contributed by atoms with Crippen molar-refractivity contribution >= 4 is 23.5 Å². The lowest BCUT2D eigenvalue weighted by Crippen LogP contribution is -2.29. The van der Waals surface area contributed by atoms with Crippen LogP contribution >= 0.6 is 11.6 Å². The summed E-state index contributed by atoms with van der Waals surface area (Å²) < 4.78 is 11.0. The third-order valence-corrected chi connectivity index (χ3v) is 6.53. The maximum Gasteiger partial charge on any atom is 0.373 e. The van der Waals surface area contributed by atoms with E-state index in [-0.39, 0.29) is 47.3 Å². The summed E-state index contributed by atoms with van der Waals surface area (Å²) in [6.45, 7) is 13.9. The summed E-state index contributed by atoms with van der Waals surface area (Å²) in [5.74, 6) is -1.56. The average molecular weight is 577 g/mol. The van der Waals surface area contributed by atoms with Crippen molar-refractivity contribution in [2.75, 3.05) is 6.61 Å². The third kappa shape index (κ3) is 13.2. The minimum atomic E-state index is -0.695. The smallest absolute Gasteiger partial charge is 0.373 e. The summed E-state index contributed by atoms with van der Waals surface area (Å²) in [6, 6.07) is 0. The van der Waals surface area contributed by atoms with Crippen LogP contribution in [-0.2, 0) is 19.1 Å². The van der Waals surface area contributed by atoms with Crippen molar-refractivity contribution in [2.45, 2.75) is 86.4 Å². The van der Waals surface area contributed by atoms with Crippen molar-refractivity contribution in [3.05, 3.63) is 75.8 Å². The maximum atomic E-state index is 12.7. The summed E-state index contributed by atoms with van der Waals surface area (Å²) in [6.07, 6.45) is 12.6. The van der Waals surface area contributed by atoms with Gasteiger partial charge in [0.1, 0.15) is 11.8 Å². The summed E-state index contributed by atoms with van der Waals surface area (Å²) in [4.78, 5) is 24.3. The van der Waals surface area contributed by atoms with Crippen molar-refractivity contribution in [1.29, 1.82) is 0 Å². The van der Waals surface area contributed by atoms with E-state index in [1.807, 2.05) is 46.8 Å². The molecule has 40 heavy (non-hydrogen) atoms. The number of rotatable bonds is 15. The summed E-state index contributed by atoms with van der Waals surface area (Å²) in [5.41, 5.74) is 4.82. The van der Waals surface area contributed by atoms with Crippen LogP contribution in [0.5, 0.6) is 0 Å². The molecule has 1 heterocycles. The van der Waals surface area contributed by atoms with Crippen LogP contribution in [0.25, 0.3) is 0 Å². The van der Waals surface area contributed by atoms with E-state index < -0.39 is 5.97 Å². The monoisotopic (exact) mass is 576 g/mol. The molecular weight excluding hydrogens is 532 g/mol. The molecule has 0 aromatic rings. The summed E-state index contributed by atoms with van der Waals surface area (Å²) in [7, 11) is 0. The van der Waals surface area contributed by atoms with Crippen LogP contribution in [0.3, 0.4) is 0 Å². The number of carbonyl (C=O) groups excluding carboxylic acids is 2. The molecule has 1 aliphatic rings. The topological polar surface area (TPSA) is 117 Å². The largest absolute Gasteiger partial charge is 0.502 e. The number of allylic oxidation sites excluding steroid dienone is 4. The van der Waals surface area contributed by atoms with Crippen molar-refractivity contribution in [1.82, 2.24) is 10.6 Å². The number of amides is 1. The molecule has 0 saturated carbocycles. The highest BCUT2D eigenvalue weighted by Gasteiger charge is 2.26. The maximum absolute atomic E-state index is 12.7. The molecule has 222 valence electrons. The first-order chi connectivity index (χ1) is 18.8. The van der Waals surface area contributed by atoms with Crippen LogP contribution in [0.4, 0.5) is 0 Å². The first-order valence-electron chi connectivity index (χ1n) is 13.6. The Hall–Kier alpha value is -3.19. The number of aliphatic hydroxyl groups excluding tert-OH is 2. The van der Waals surface area contributed by atoms with Crippen LogP contribution in [0.1, 0.15) is 74.1 Å². The van der Waals surface area contributed by atoms with Crippen molar-refractivity contribution < 1.29 is 29.3 Å². The Morgan fingerprint density at radius 2 is 1.95 bits per heavy atom. The van der Waals surface area contributed by atoms with Gasteiger partial charge >= 0.3 is 5.97 Å². The predicted octanol–water partition coefficient (Wildman–Crippen LogP) is 6.75. The molecule has 0 saturated heterocycles. The molecule has 0 fully saturated rings. The van der Waals surface area contributed by atoms with Gasteiger partial charge < -0.3 is 30.3 Å². The lowest BCUT2D eigenvalue weighted by Gasteiger charge is -2.25. The molecule has 1 rings (SSSR count). The number of carbonyl (C=O) groups is 2. The molecule has 1 amide bonds. The first kappa shape index (κ1) is 34.8. The zero-order valence-corrected chi connectivity index (χ0v) is 25.5. The number of esters is 1. The quantitative estimate of drug-likeness (QED) is 0.0560. The molecular formula is C31H45ClN2O6. The van der Waals surface area contributed by atoms with E-state index >= 15 is 0 Å². The second kappa shape index (κ2) is 18.2. The molecule has 0 bridgehead atoms. The molecule has 9 heteroatoms. The first-order valence-corrected chi connectivity index (χ1v) is 14.0. The average Bonchev–Trinajstić information content (AvgIpc) is 2.89. The second-order valence-corrected chi connectivity index (χ2v) is 10.7. The molecule has 0 aromatic heterocycles.